The largest absolute Gasteiger partial charge is 0.585 e. The second kappa shape index (κ2) is 7.06. The molecule has 0 bridgehead atoms. The molecule has 0 aliphatic heterocycles. The molecule has 0 saturated carbocycles. The number of carbonyl (C=O) groups is 2. The average Bonchev–Trinajstić information content (AvgIpc) is 3.14. The van der Waals surface area contributed by atoms with Crippen LogP contribution in [-0.4, -0.2) is 16.9 Å². The highest BCUT2D eigenvalue weighted by Gasteiger charge is 2.29. The van der Waals surface area contributed by atoms with Gasteiger partial charge in [-0.05, 0) is 18.1 Å². The molecule has 2 heterocycles. The zero-order valence-electron chi connectivity index (χ0n) is 13.8. The second-order valence-corrected chi connectivity index (χ2v) is 7.47. The van der Waals surface area contributed by atoms with Crippen LogP contribution in [0.25, 0.3) is 11.1 Å². The minimum atomic E-state index is -3.22. The Kier molecular flexibility index (Phi) is 4.82. The maximum Gasteiger partial charge on any atom is 0.585 e. The van der Waals surface area contributed by atoms with Crippen LogP contribution in [-0.2, 0) is 20.5 Å². The van der Waals surface area contributed by atoms with Gasteiger partial charge in [0, 0.05) is 12.1 Å². The molecule has 2 aromatic heterocycles. The lowest BCUT2D eigenvalue weighted by Gasteiger charge is -2.08. The zero-order chi connectivity index (χ0) is 18.7. The summed E-state index contributed by atoms with van der Waals surface area (Å²) in [5, 5.41) is 0. The molecule has 26 heavy (non-hydrogen) atoms. The molecular weight excluding hydrogens is 357 g/mol. The van der Waals surface area contributed by atoms with Gasteiger partial charge in [0.2, 0.25) is 13.3 Å². The Hall–Kier alpha value is -3.05. The monoisotopic (exact) mass is 373 g/mol. The number of esters is 2. The van der Waals surface area contributed by atoms with Crippen LogP contribution in [0.5, 0.6) is 5.75 Å². The Morgan fingerprint density at radius 1 is 1.19 bits per heavy atom. The Morgan fingerprint density at radius 3 is 2.69 bits per heavy atom. The smallest absolute Gasteiger partial charge is 0.463 e. The fraction of sp³-hybridized carbons (Fsp3) is 0.111. The number of aromatic nitrogens is 1. The Morgan fingerprint density at radius 2 is 1.96 bits per heavy atom. The van der Waals surface area contributed by atoms with Gasteiger partial charge in [0.15, 0.2) is 5.58 Å². The van der Waals surface area contributed by atoms with E-state index in [2.05, 4.69) is 18.3 Å². The third kappa shape index (κ3) is 4.32. The maximum absolute atomic E-state index is 12.0. The number of furan rings is 1. The minimum Gasteiger partial charge on any atom is -0.463 e. The number of hydrogen-bond acceptors (Lipinski definition) is 6. The quantitative estimate of drug-likeness (QED) is 0.299. The van der Waals surface area contributed by atoms with Crippen LogP contribution >= 0.6 is 7.37 Å². The Bertz CT molecular complexity index is 967. The SMILES string of the molecule is [CH2+]P([CH2+])(=O)Oc1ccccc1CCC(=O)OC(=O)c1cc2occc2[nH]1. The molecule has 8 heteroatoms. The number of para-hydroxylation sites is 1. The summed E-state index contributed by atoms with van der Waals surface area (Å²) >= 11 is 0. The Balaban J connectivity index is 1.60. The number of fused-ring (bicyclic) bond motifs is 1. The molecule has 0 aliphatic carbocycles. The lowest BCUT2D eigenvalue weighted by Crippen LogP contribution is -2.13. The van der Waals surface area contributed by atoms with E-state index in [1.165, 1.54) is 12.3 Å². The molecule has 0 saturated heterocycles. The second-order valence-electron chi connectivity index (χ2n) is 5.66. The number of aromatic amines is 1. The highest BCUT2D eigenvalue weighted by molar-refractivity contribution is 7.61. The van der Waals surface area contributed by atoms with Crippen molar-refractivity contribution < 1.29 is 27.8 Å². The number of aryl methyl sites for hydroxylation is 1. The van der Waals surface area contributed by atoms with Crippen LogP contribution in [0.1, 0.15) is 22.5 Å². The molecule has 0 radical (unpaired) electrons. The summed E-state index contributed by atoms with van der Waals surface area (Å²) in [6.45, 7) is 6.73. The van der Waals surface area contributed by atoms with Crippen LogP contribution < -0.4 is 4.52 Å². The lowest BCUT2D eigenvalue weighted by atomic mass is 10.1. The first-order chi connectivity index (χ1) is 12.3. The molecule has 1 N–H and O–H groups in total. The number of carbonyl (C=O) groups excluding carboxylic acids is 2. The van der Waals surface area contributed by atoms with E-state index in [-0.39, 0.29) is 18.5 Å². The first-order valence-electron chi connectivity index (χ1n) is 7.69. The number of H-pyrrole nitrogens is 1. The predicted molar refractivity (Wildman–Crippen MR) is 94.7 cm³/mol. The van der Waals surface area contributed by atoms with Gasteiger partial charge in [-0.25, -0.2) is 4.79 Å². The fourth-order valence-electron chi connectivity index (χ4n) is 2.38. The predicted octanol–water partition coefficient (Wildman–Crippen LogP) is 4.32. The number of rotatable bonds is 6. The molecule has 7 nitrogen and oxygen atoms in total. The molecule has 0 fully saturated rings. The van der Waals surface area contributed by atoms with E-state index < -0.39 is 19.3 Å². The van der Waals surface area contributed by atoms with E-state index in [0.29, 0.717) is 22.4 Å². The van der Waals surface area contributed by atoms with Crippen molar-refractivity contribution >= 4 is 30.4 Å². The fourth-order valence-corrected chi connectivity index (χ4v) is 2.92. The lowest BCUT2D eigenvalue weighted by molar-refractivity contribution is -0.137. The molecule has 0 aliphatic rings. The van der Waals surface area contributed by atoms with Crippen LogP contribution in [0.3, 0.4) is 0 Å². The molecular formula is C18H16NO6P+2. The van der Waals surface area contributed by atoms with Crippen molar-refractivity contribution in [1.29, 1.82) is 0 Å². The van der Waals surface area contributed by atoms with Crippen molar-refractivity contribution in [2.75, 3.05) is 0 Å². The average molecular weight is 373 g/mol. The minimum absolute atomic E-state index is 0.0540. The summed E-state index contributed by atoms with van der Waals surface area (Å²) in [5.41, 5.74) is 1.91. The number of hydrogen-bond donors (Lipinski definition) is 1. The van der Waals surface area contributed by atoms with Crippen molar-refractivity contribution in [3.63, 3.8) is 0 Å². The van der Waals surface area contributed by atoms with E-state index in [9.17, 15) is 14.2 Å². The third-order valence-corrected chi connectivity index (χ3v) is 4.03. The highest BCUT2D eigenvalue weighted by Crippen LogP contribution is 2.44. The number of nitrogens with one attached hydrogen (secondary N) is 1. The first-order valence-corrected chi connectivity index (χ1v) is 9.69. The number of ether oxygens (including phenoxy) is 1. The molecule has 0 amide bonds. The Labute approximate surface area is 149 Å². The van der Waals surface area contributed by atoms with E-state index in [4.69, 9.17) is 13.7 Å². The van der Waals surface area contributed by atoms with Gasteiger partial charge in [0.05, 0.1) is 18.2 Å². The maximum atomic E-state index is 12.0. The molecule has 3 rings (SSSR count). The van der Waals surface area contributed by atoms with Gasteiger partial charge in [0.25, 0.3) is 0 Å². The normalized spacial score (nSPS) is 11.4. The molecule has 0 unspecified atom stereocenters. The standard InChI is InChI=1S/C18H15NO6P/c1-26(2,22)25-15-6-4-3-5-12(15)7-8-17(20)24-18(21)14-11-16-13(19-14)9-10-23-16/h3-6,9-11H,1-2,7-8H2/q+1/p+1. The van der Waals surface area contributed by atoms with Gasteiger partial charge in [-0.1, -0.05) is 18.2 Å². The molecule has 0 spiro atoms. The van der Waals surface area contributed by atoms with Crippen LogP contribution in [0.4, 0.5) is 0 Å². The van der Waals surface area contributed by atoms with Crippen LogP contribution in [0, 0.1) is 13.3 Å². The van der Waals surface area contributed by atoms with Crippen molar-refractivity contribution in [2.45, 2.75) is 12.8 Å². The van der Waals surface area contributed by atoms with E-state index in [0.717, 1.165) is 0 Å². The van der Waals surface area contributed by atoms with E-state index in [1.807, 2.05) is 0 Å². The summed E-state index contributed by atoms with van der Waals surface area (Å²) in [4.78, 5) is 26.7. The van der Waals surface area contributed by atoms with E-state index >= 15 is 0 Å². The molecule has 1 aromatic carbocycles. The van der Waals surface area contributed by atoms with Gasteiger partial charge in [-0.15, -0.1) is 0 Å². The van der Waals surface area contributed by atoms with Gasteiger partial charge in [-0.3, -0.25) is 4.79 Å². The molecule has 0 atom stereocenters. The van der Waals surface area contributed by atoms with Gasteiger partial charge in [-0.2, -0.15) is 4.57 Å². The number of benzene rings is 1. The summed E-state index contributed by atoms with van der Waals surface area (Å²) in [6, 6.07) is 9.92. The summed E-state index contributed by atoms with van der Waals surface area (Å²) in [6.07, 6.45) is 1.67. The zero-order valence-corrected chi connectivity index (χ0v) is 14.7. The summed E-state index contributed by atoms with van der Waals surface area (Å²) < 4.78 is 26.8. The van der Waals surface area contributed by atoms with Crippen molar-refractivity contribution in [3.05, 3.63) is 67.2 Å². The van der Waals surface area contributed by atoms with Gasteiger partial charge < -0.3 is 18.7 Å². The molecule has 132 valence electrons. The molecule has 3 aromatic rings. The van der Waals surface area contributed by atoms with Crippen LogP contribution in [0.2, 0.25) is 0 Å². The topological polar surface area (TPSA) is 98.6 Å². The highest BCUT2D eigenvalue weighted by atomic mass is 31.2. The summed E-state index contributed by atoms with van der Waals surface area (Å²) in [5.74, 6) is -1.14. The van der Waals surface area contributed by atoms with Gasteiger partial charge in [0.1, 0.15) is 11.4 Å². The van der Waals surface area contributed by atoms with Gasteiger partial charge >= 0.3 is 19.3 Å². The van der Waals surface area contributed by atoms with Crippen molar-refractivity contribution in [3.8, 4) is 5.75 Å². The van der Waals surface area contributed by atoms with Crippen LogP contribution in [0.15, 0.2) is 47.1 Å². The first kappa shape index (κ1) is 17.8. The summed E-state index contributed by atoms with van der Waals surface area (Å²) in [7, 11) is -3.22. The third-order valence-electron chi connectivity index (χ3n) is 3.50. The van der Waals surface area contributed by atoms with E-state index in [1.54, 1.807) is 30.3 Å². The van der Waals surface area contributed by atoms with Crippen molar-refractivity contribution in [1.82, 2.24) is 4.98 Å². The van der Waals surface area contributed by atoms with Crippen molar-refractivity contribution in [2.24, 2.45) is 0 Å².